The van der Waals surface area contributed by atoms with Crippen LogP contribution in [-0.4, -0.2) is 41.9 Å². The van der Waals surface area contributed by atoms with Crippen LogP contribution in [0.5, 0.6) is 0 Å². The number of hydrogen-bond donors (Lipinski definition) is 2. The molecule has 88 valence electrons. The topological polar surface area (TPSA) is 75.4 Å². The Bertz CT molecular complexity index is 249. The van der Waals surface area contributed by atoms with Gasteiger partial charge in [0.25, 0.3) is 0 Å². The summed E-state index contributed by atoms with van der Waals surface area (Å²) in [5, 5.41) is 2.91. The fraction of sp³-hybridized carbons (Fsp3) is 0.800. The third-order valence-electron chi connectivity index (χ3n) is 2.37. The van der Waals surface area contributed by atoms with Crippen molar-refractivity contribution in [1.82, 2.24) is 10.2 Å². The van der Waals surface area contributed by atoms with Crippen LogP contribution in [0, 0.1) is 0 Å². The van der Waals surface area contributed by atoms with Gasteiger partial charge in [-0.25, -0.2) is 0 Å². The van der Waals surface area contributed by atoms with Gasteiger partial charge >= 0.3 is 0 Å². The third kappa shape index (κ3) is 3.87. The Labute approximate surface area is 91.0 Å². The smallest absolute Gasteiger partial charge is 0.242 e. The molecule has 0 radical (unpaired) electrons. The van der Waals surface area contributed by atoms with Crippen molar-refractivity contribution in [3.8, 4) is 0 Å². The average molecular weight is 215 g/mol. The van der Waals surface area contributed by atoms with Crippen molar-refractivity contribution in [1.29, 1.82) is 0 Å². The highest BCUT2D eigenvalue weighted by Gasteiger charge is 2.32. The molecule has 5 heteroatoms. The zero-order chi connectivity index (χ0) is 12.2. The Kier molecular flexibility index (Phi) is 4.74. The molecule has 0 saturated heterocycles. The van der Waals surface area contributed by atoms with Crippen LogP contribution >= 0.6 is 0 Å². The Balaban J connectivity index is 4.78. The van der Waals surface area contributed by atoms with Crippen molar-refractivity contribution in [2.45, 2.75) is 39.3 Å². The number of nitrogens with two attached hydrogens (primary N) is 1. The lowest BCUT2D eigenvalue weighted by Crippen LogP contribution is -2.56. The lowest BCUT2D eigenvalue weighted by atomic mass is 10.0. The first-order valence-electron chi connectivity index (χ1n) is 5.00. The number of carbonyl (C=O) groups is 2. The Morgan fingerprint density at radius 2 is 1.87 bits per heavy atom. The van der Waals surface area contributed by atoms with Crippen molar-refractivity contribution in [3.63, 3.8) is 0 Å². The number of likely N-dealkylation sites (N-methyl/N-ethyl adjacent to an activating group) is 1. The van der Waals surface area contributed by atoms with E-state index in [0.29, 0.717) is 0 Å². The van der Waals surface area contributed by atoms with E-state index in [1.807, 2.05) is 13.8 Å². The second-order valence-electron chi connectivity index (χ2n) is 4.37. The molecule has 0 bridgehead atoms. The zero-order valence-electron chi connectivity index (χ0n) is 10.1. The largest absolute Gasteiger partial charge is 0.368 e. The summed E-state index contributed by atoms with van der Waals surface area (Å²) in [4.78, 5) is 24.3. The minimum atomic E-state index is -0.681. The molecular weight excluding hydrogens is 194 g/mol. The van der Waals surface area contributed by atoms with E-state index < -0.39 is 11.4 Å². The van der Waals surface area contributed by atoms with Crippen LogP contribution in [0.1, 0.15) is 27.7 Å². The van der Waals surface area contributed by atoms with Crippen LogP contribution in [0.15, 0.2) is 0 Å². The second-order valence-corrected chi connectivity index (χ2v) is 4.37. The van der Waals surface area contributed by atoms with Crippen molar-refractivity contribution in [3.05, 3.63) is 0 Å². The van der Waals surface area contributed by atoms with E-state index in [1.165, 1.54) is 4.90 Å². The van der Waals surface area contributed by atoms with Crippen LogP contribution in [-0.2, 0) is 9.59 Å². The van der Waals surface area contributed by atoms with Crippen LogP contribution in [0.2, 0.25) is 0 Å². The molecule has 0 spiro atoms. The minimum Gasteiger partial charge on any atom is -0.368 e. The van der Waals surface area contributed by atoms with Crippen LogP contribution < -0.4 is 11.1 Å². The molecule has 5 nitrogen and oxygen atoms in total. The van der Waals surface area contributed by atoms with Gasteiger partial charge in [0.1, 0.15) is 0 Å². The molecule has 0 aromatic heterocycles. The molecular formula is C10H21N3O2. The van der Waals surface area contributed by atoms with Crippen molar-refractivity contribution in [2.75, 3.05) is 13.6 Å². The molecule has 0 heterocycles. The quantitative estimate of drug-likeness (QED) is 0.661. The van der Waals surface area contributed by atoms with Crippen molar-refractivity contribution < 1.29 is 9.59 Å². The second kappa shape index (κ2) is 5.11. The van der Waals surface area contributed by atoms with E-state index in [9.17, 15) is 9.59 Å². The van der Waals surface area contributed by atoms with Gasteiger partial charge in [0.2, 0.25) is 11.8 Å². The standard InChI is InChI=1S/C10H21N3O2/c1-7(2)13(6-8(11)14)9(15)10(3,4)12-5/h7,12H,6H2,1-5H3,(H2,11,14). The lowest BCUT2D eigenvalue weighted by Gasteiger charge is -2.33. The summed E-state index contributed by atoms with van der Waals surface area (Å²) in [5.74, 6) is -0.622. The summed E-state index contributed by atoms with van der Waals surface area (Å²) < 4.78 is 0. The summed E-state index contributed by atoms with van der Waals surface area (Å²) in [5.41, 5.74) is 4.42. The van der Waals surface area contributed by atoms with Gasteiger partial charge in [0.15, 0.2) is 0 Å². The van der Waals surface area contributed by atoms with Crippen LogP contribution in [0.4, 0.5) is 0 Å². The lowest BCUT2D eigenvalue weighted by molar-refractivity contribution is -0.141. The number of hydrogen-bond acceptors (Lipinski definition) is 3. The maximum Gasteiger partial charge on any atom is 0.242 e. The zero-order valence-corrected chi connectivity index (χ0v) is 10.1. The Hall–Kier alpha value is -1.10. The van der Waals surface area contributed by atoms with E-state index in [-0.39, 0.29) is 18.5 Å². The van der Waals surface area contributed by atoms with Gasteiger partial charge in [-0.1, -0.05) is 0 Å². The van der Waals surface area contributed by atoms with Crippen LogP contribution in [0.3, 0.4) is 0 Å². The van der Waals surface area contributed by atoms with Crippen molar-refractivity contribution in [2.24, 2.45) is 5.73 Å². The number of primary amides is 1. The monoisotopic (exact) mass is 215 g/mol. The van der Waals surface area contributed by atoms with Crippen molar-refractivity contribution >= 4 is 11.8 Å². The molecule has 0 aromatic carbocycles. The SMILES string of the molecule is CNC(C)(C)C(=O)N(CC(N)=O)C(C)C. The van der Waals surface area contributed by atoms with Gasteiger partial charge in [-0.05, 0) is 34.7 Å². The summed E-state index contributed by atoms with van der Waals surface area (Å²) in [7, 11) is 1.71. The number of carbonyl (C=O) groups excluding carboxylic acids is 2. The fourth-order valence-electron chi connectivity index (χ4n) is 1.12. The Morgan fingerprint density at radius 3 is 2.13 bits per heavy atom. The molecule has 0 atom stereocenters. The Morgan fingerprint density at radius 1 is 1.40 bits per heavy atom. The maximum absolute atomic E-state index is 12.0. The number of nitrogens with one attached hydrogen (secondary N) is 1. The minimum absolute atomic E-state index is 0.0401. The molecule has 15 heavy (non-hydrogen) atoms. The molecule has 0 aliphatic carbocycles. The molecule has 0 saturated carbocycles. The van der Waals surface area contributed by atoms with E-state index in [1.54, 1.807) is 20.9 Å². The molecule has 0 unspecified atom stereocenters. The predicted molar refractivity (Wildman–Crippen MR) is 59.2 cm³/mol. The first kappa shape index (κ1) is 13.9. The molecule has 0 rings (SSSR count). The molecule has 0 aromatic rings. The highest BCUT2D eigenvalue weighted by Crippen LogP contribution is 2.10. The highest BCUT2D eigenvalue weighted by atomic mass is 16.2. The van der Waals surface area contributed by atoms with Crippen LogP contribution in [0.25, 0.3) is 0 Å². The van der Waals surface area contributed by atoms with Gasteiger partial charge in [0.05, 0.1) is 12.1 Å². The van der Waals surface area contributed by atoms with Gasteiger partial charge < -0.3 is 16.0 Å². The van der Waals surface area contributed by atoms with Gasteiger partial charge in [0, 0.05) is 6.04 Å². The fourth-order valence-corrected chi connectivity index (χ4v) is 1.12. The van der Waals surface area contributed by atoms with E-state index in [0.717, 1.165) is 0 Å². The summed E-state index contributed by atoms with van der Waals surface area (Å²) >= 11 is 0. The van der Waals surface area contributed by atoms with Gasteiger partial charge in [-0.15, -0.1) is 0 Å². The molecule has 0 aliphatic rings. The highest BCUT2D eigenvalue weighted by molar-refractivity contribution is 5.89. The first-order valence-corrected chi connectivity index (χ1v) is 5.00. The summed E-state index contributed by atoms with van der Waals surface area (Å²) in [6, 6.07) is -0.0439. The van der Waals surface area contributed by atoms with E-state index in [2.05, 4.69) is 5.32 Å². The predicted octanol–water partition coefficient (Wildman–Crippen LogP) is -0.293. The maximum atomic E-state index is 12.0. The molecule has 0 aliphatic heterocycles. The van der Waals surface area contributed by atoms with E-state index in [4.69, 9.17) is 5.73 Å². The van der Waals surface area contributed by atoms with Gasteiger partial charge in [-0.2, -0.15) is 0 Å². The summed E-state index contributed by atoms with van der Waals surface area (Å²) in [6.45, 7) is 7.21. The average Bonchev–Trinajstić information content (AvgIpc) is 2.12. The number of nitrogens with zero attached hydrogens (tertiary/aromatic N) is 1. The molecule has 0 fully saturated rings. The first-order chi connectivity index (χ1) is 6.72. The summed E-state index contributed by atoms with van der Waals surface area (Å²) in [6.07, 6.45) is 0. The molecule has 3 N–H and O–H groups in total. The van der Waals surface area contributed by atoms with Gasteiger partial charge in [-0.3, -0.25) is 9.59 Å². The molecule has 2 amide bonds. The van der Waals surface area contributed by atoms with E-state index >= 15 is 0 Å². The normalized spacial score (nSPS) is 11.6. The number of rotatable bonds is 5. The number of amides is 2. The third-order valence-corrected chi connectivity index (χ3v) is 2.37.